The van der Waals surface area contributed by atoms with E-state index in [4.69, 9.17) is 14.7 Å². The lowest BCUT2D eigenvalue weighted by atomic mass is 10.0. The molecule has 6 heterocycles. The molecular weight excluding hydrogens is 640 g/mol. The van der Waals surface area contributed by atoms with Crippen LogP contribution in [0.3, 0.4) is 0 Å². The maximum absolute atomic E-state index is 14.0. The SMILES string of the molecule is COC(=O)NC(C(=O)N1CCCC1c1nc2ccc(-n3cc4ccc(-c5cnc(C6CCC7CCCCN76)[nH]5)cc4c3)cc2[nH]1)c1ccccc1. The number of rotatable bonds is 7. The molecule has 3 fully saturated rings. The van der Waals surface area contributed by atoms with Gasteiger partial charge in [-0.05, 0) is 80.3 Å². The number of nitrogens with one attached hydrogen (secondary N) is 3. The Labute approximate surface area is 296 Å². The molecular formula is C40H42N8O3. The van der Waals surface area contributed by atoms with E-state index >= 15 is 0 Å². The van der Waals surface area contributed by atoms with Gasteiger partial charge in [0.1, 0.15) is 17.7 Å². The number of likely N-dealkylation sites (tertiary alicyclic amines) is 1. The Kier molecular flexibility index (Phi) is 8.07. The number of carbonyl (C=O) groups is 2. The van der Waals surface area contributed by atoms with Crippen LogP contribution in [0.4, 0.5) is 4.79 Å². The molecule has 0 saturated carbocycles. The van der Waals surface area contributed by atoms with E-state index in [1.165, 1.54) is 45.8 Å². The Morgan fingerprint density at radius 3 is 2.63 bits per heavy atom. The smallest absolute Gasteiger partial charge is 0.407 e. The van der Waals surface area contributed by atoms with Crippen LogP contribution in [0, 0.1) is 0 Å². The monoisotopic (exact) mass is 682 g/mol. The highest BCUT2D eigenvalue weighted by Gasteiger charge is 2.38. The van der Waals surface area contributed by atoms with E-state index in [-0.39, 0.29) is 11.9 Å². The number of amides is 2. The van der Waals surface area contributed by atoms with Gasteiger partial charge in [-0.15, -0.1) is 0 Å². The zero-order valence-electron chi connectivity index (χ0n) is 28.7. The van der Waals surface area contributed by atoms with E-state index in [0.29, 0.717) is 18.2 Å². The first-order valence-electron chi connectivity index (χ1n) is 18.1. The van der Waals surface area contributed by atoms with Crippen LogP contribution in [0.25, 0.3) is 38.8 Å². The third-order valence-corrected chi connectivity index (χ3v) is 11.2. The van der Waals surface area contributed by atoms with Crippen molar-refractivity contribution in [2.45, 2.75) is 69.1 Å². The lowest BCUT2D eigenvalue weighted by Crippen LogP contribution is -2.42. The molecule has 0 aliphatic carbocycles. The topological polar surface area (TPSA) is 124 Å². The molecule has 51 heavy (non-hydrogen) atoms. The first-order chi connectivity index (χ1) is 25.0. The van der Waals surface area contributed by atoms with E-state index in [9.17, 15) is 9.59 Å². The van der Waals surface area contributed by atoms with Crippen LogP contribution in [0.2, 0.25) is 0 Å². The number of hydrogen-bond acceptors (Lipinski definition) is 6. The van der Waals surface area contributed by atoms with Crippen molar-refractivity contribution in [2.24, 2.45) is 0 Å². The summed E-state index contributed by atoms with van der Waals surface area (Å²) in [5, 5.41) is 5.05. The molecule has 4 atom stereocenters. The molecule has 3 aliphatic heterocycles. The maximum Gasteiger partial charge on any atom is 0.407 e. The number of H-pyrrole nitrogens is 2. The van der Waals surface area contributed by atoms with Crippen molar-refractivity contribution in [3.8, 4) is 16.9 Å². The van der Waals surface area contributed by atoms with Crippen LogP contribution in [0.1, 0.15) is 80.3 Å². The zero-order valence-corrected chi connectivity index (χ0v) is 28.7. The van der Waals surface area contributed by atoms with E-state index in [1.807, 2.05) is 47.5 Å². The Bertz CT molecular complexity index is 2220. The second-order valence-corrected chi connectivity index (χ2v) is 14.2. The second-order valence-electron chi connectivity index (χ2n) is 14.2. The van der Waals surface area contributed by atoms with Crippen LogP contribution in [0.15, 0.2) is 85.3 Å². The fourth-order valence-electron chi connectivity index (χ4n) is 8.59. The third-order valence-electron chi connectivity index (χ3n) is 11.2. The van der Waals surface area contributed by atoms with Crippen molar-refractivity contribution in [3.63, 3.8) is 0 Å². The predicted octanol–water partition coefficient (Wildman–Crippen LogP) is 7.35. The number of hydrogen-bond donors (Lipinski definition) is 3. The van der Waals surface area contributed by atoms with Crippen molar-refractivity contribution >= 4 is 33.8 Å². The Hall–Kier alpha value is -5.42. The summed E-state index contributed by atoms with van der Waals surface area (Å²) in [5.74, 6) is 1.65. The lowest BCUT2D eigenvalue weighted by Gasteiger charge is -2.33. The lowest BCUT2D eigenvalue weighted by molar-refractivity contribution is -0.134. The van der Waals surface area contributed by atoms with Gasteiger partial charge in [0.05, 0.1) is 42.1 Å². The van der Waals surface area contributed by atoms with E-state index < -0.39 is 12.1 Å². The number of fused-ring (bicyclic) bond motifs is 3. The molecule has 3 aromatic carbocycles. The van der Waals surface area contributed by atoms with Crippen molar-refractivity contribution in [1.82, 2.24) is 39.6 Å². The number of alkyl carbamates (subject to hydrolysis) is 1. The highest BCUT2D eigenvalue weighted by molar-refractivity contribution is 5.89. The summed E-state index contributed by atoms with van der Waals surface area (Å²) >= 11 is 0. The fourth-order valence-corrected chi connectivity index (χ4v) is 8.59. The molecule has 11 nitrogen and oxygen atoms in total. The van der Waals surface area contributed by atoms with E-state index in [2.05, 4.69) is 67.5 Å². The Morgan fingerprint density at radius 2 is 1.75 bits per heavy atom. The number of nitrogens with zero attached hydrogens (tertiary/aromatic N) is 5. The number of methoxy groups -OCH3 is 1. The molecule has 9 rings (SSSR count). The maximum atomic E-state index is 14.0. The number of benzene rings is 3. The summed E-state index contributed by atoms with van der Waals surface area (Å²) < 4.78 is 6.99. The van der Waals surface area contributed by atoms with Crippen LogP contribution >= 0.6 is 0 Å². The first-order valence-corrected chi connectivity index (χ1v) is 18.1. The first kappa shape index (κ1) is 31.6. The Balaban J connectivity index is 0.950. The van der Waals surface area contributed by atoms with Crippen molar-refractivity contribution in [2.75, 3.05) is 20.2 Å². The van der Waals surface area contributed by atoms with Gasteiger partial charge < -0.3 is 29.5 Å². The standard InChI is InChI=1S/C40H42N8O3/c1-51-40(50)45-36(25-8-3-2-4-9-25)39(49)48-19-7-11-34(48)38-42-31-16-14-30(21-32(31)43-38)46-23-27-13-12-26(20-28(27)24-46)33-22-41-37(44-33)35-17-15-29-10-5-6-18-47(29)35/h2-4,8-9,12-14,16,20-24,29,34-36H,5-7,10-11,15,17-19H2,1H3,(H,41,44)(H,42,43)(H,45,50). The van der Waals surface area contributed by atoms with Crippen LogP contribution in [0.5, 0.6) is 0 Å². The molecule has 6 aromatic rings. The quantitative estimate of drug-likeness (QED) is 0.162. The minimum atomic E-state index is -0.858. The molecule has 11 heteroatoms. The van der Waals surface area contributed by atoms with Gasteiger partial charge in [-0.2, -0.15) is 0 Å². The minimum Gasteiger partial charge on any atom is -0.453 e. The Morgan fingerprint density at radius 1 is 0.863 bits per heavy atom. The molecule has 0 radical (unpaired) electrons. The summed E-state index contributed by atoms with van der Waals surface area (Å²) in [6.07, 6.45) is 13.7. The van der Waals surface area contributed by atoms with E-state index in [1.54, 1.807) is 0 Å². The largest absolute Gasteiger partial charge is 0.453 e. The van der Waals surface area contributed by atoms with Crippen molar-refractivity contribution < 1.29 is 14.3 Å². The summed E-state index contributed by atoms with van der Waals surface area (Å²) in [5.41, 5.74) is 5.65. The number of carbonyl (C=O) groups excluding carboxylic acids is 2. The summed E-state index contributed by atoms with van der Waals surface area (Å²) in [7, 11) is 1.30. The van der Waals surface area contributed by atoms with Crippen LogP contribution in [-0.2, 0) is 9.53 Å². The average molecular weight is 683 g/mol. The molecule has 3 N–H and O–H groups in total. The molecule has 2 amide bonds. The van der Waals surface area contributed by atoms with Crippen molar-refractivity contribution in [1.29, 1.82) is 0 Å². The molecule has 3 aliphatic rings. The van der Waals surface area contributed by atoms with Gasteiger partial charge in [0.2, 0.25) is 0 Å². The summed E-state index contributed by atoms with van der Waals surface area (Å²) in [6, 6.07) is 22.1. The number of ether oxygens (including phenoxy) is 1. The van der Waals surface area contributed by atoms with Gasteiger partial charge in [0.25, 0.3) is 5.91 Å². The van der Waals surface area contributed by atoms with Gasteiger partial charge in [-0.25, -0.2) is 14.8 Å². The number of piperidine rings is 1. The fraction of sp³-hybridized carbons (Fsp3) is 0.350. The van der Waals surface area contributed by atoms with Crippen molar-refractivity contribution in [3.05, 3.63) is 103 Å². The predicted molar refractivity (Wildman–Crippen MR) is 195 cm³/mol. The molecule has 4 unspecified atom stereocenters. The van der Waals surface area contributed by atoms with Gasteiger partial charge >= 0.3 is 6.09 Å². The summed E-state index contributed by atoms with van der Waals surface area (Å²) in [6.45, 7) is 1.76. The van der Waals surface area contributed by atoms with Gasteiger partial charge in [0.15, 0.2) is 0 Å². The van der Waals surface area contributed by atoms with Crippen LogP contribution in [-0.4, -0.2) is 72.5 Å². The minimum absolute atomic E-state index is 0.186. The average Bonchev–Trinajstić information content (AvgIpc) is 4.01. The number of aromatic amines is 2. The second kappa shape index (κ2) is 13.0. The molecule has 260 valence electrons. The van der Waals surface area contributed by atoms with Gasteiger partial charge in [0, 0.05) is 41.6 Å². The zero-order chi connectivity index (χ0) is 34.5. The number of aromatic nitrogens is 5. The molecule has 3 aromatic heterocycles. The van der Waals surface area contributed by atoms with Gasteiger partial charge in [-0.3, -0.25) is 9.69 Å². The molecule has 3 saturated heterocycles. The molecule has 0 spiro atoms. The molecule has 0 bridgehead atoms. The van der Waals surface area contributed by atoms with Crippen LogP contribution < -0.4 is 5.32 Å². The normalized spacial score (nSPS) is 21.3. The van der Waals surface area contributed by atoms with E-state index in [0.717, 1.165) is 69.3 Å². The number of imidazole rings is 2. The highest BCUT2D eigenvalue weighted by Crippen LogP contribution is 2.40. The third kappa shape index (κ3) is 5.85. The van der Waals surface area contributed by atoms with Gasteiger partial charge in [-0.1, -0.05) is 48.9 Å². The highest BCUT2D eigenvalue weighted by atomic mass is 16.5. The summed E-state index contributed by atoms with van der Waals surface area (Å²) in [4.78, 5) is 47.6.